The zero-order valence-electron chi connectivity index (χ0n) is 37.9. The van der Waals surface area contributed by atoms with Crippen LogP contribution in [-0.4, -0.2) is 87.5 Å². The second-order valence-corrected chi connectivity index (χ2v) is 16.5. The molecule has 1 heterocycles. The minimum absolute atomic E-state index is 0.188. The predicted octanol–water partition coefficient (Wildman–Crippen LogP) is 10.6. The van der Waals surface area contributed by atoms with E-state index in [9.17, 15) is 30.3 Å². The van der Waals surface area contributed by atoms with Crippen molar-refractivity contribution in [3.63, 3.8) is 0 Å². The van der Waals surface area contributed by atoms with Gasteiger partial charge in [0.15, 0.2) is 6.29 Å². The van der Waals surface area contributed by atoms with E-state index in [1.807, 2.05) is 6.08 Å². The van der Waals surface area contributed by atoms with Gasteiger partial charge in [-0.05, 0) is 57.8 Å². The molecule has 1 saturated heterocycles. The normalized spacial score (nSPS) is 21.2. The van der Waals surface area contributed by atoms with E-state index in [0.29, 0.717) is 6.42 Å². The van der Waals surface area contributed by atoms with E-state index in [0.717, 1.165) is 70.6 Å². The average Bonchev–Trinajstić information content (AvgIpc) is 3.25. The first-order valence-corrected chi connectivity index (χ1v) is 24.2. The highest BCUT2D eigenvalue weighted by molar-refractivity contribution is 5.76. The van der Waals surface area contributed by atoms with Crippen molar-refractivity contribution in [1.82, 2.24) is 5.32 Å². The minimum Gasteiger partial charge on any atom is -0.394 e. The molecule has 6 N–H and O–H groups in total. The van der Waals surface area contributed by atoms with Gasteiger partial charge in [-0.25, -0.2) is 0 Å². The van der Waals surface area contributed by atoms with Crippen molar-refractivity contribution in [2.75, 3.05) is 13.2 Å². The molecule has 7 unspecified atom stereocenters. The van der Waals surface area contributed by atoms with Crippen molar-refractivity contribution in [2.24, 2.45) is 0 Å². The molecule has 0 aromatic carbocycles. The van der Waals surface area contributed by atoms with Gasteiger partial charge in [0.05, 0.1) is 25.4 Å². The summed E-state index contributed by atoms with van der Waals surface area (Å²) in [6, 6.07) is -0.802. The summed E-state index contributed by atoms with van der Waals surface area (Å²) in [5, 5.41) is 53.6. The van der Waals surface area contributed by atoms with Crippen LogP contribution in [0.15, 0.2) is 72.9 Å². The molecule has 1 fully saturated rings. The van der Waals surface area contributed by atoms with Crippen LogP contribution >= 0.6 is 0 Å². The highest BCUT2D eigenvalue weighted by Gasteiger charge is 2.44. The van der Waals surface area contributed by atoms with E-state index in [2.05, 4.69) is 79.9 Å². The van der Waals surface area contributed by atoms with Crippen LogP contribution in [-0.2, 0) is 14.3 Å². The summed E-state index contributed by atoms with van der Waals surface area (Å²) in [5.41, 5.74) is 0. The van der Waals surface area contributed by atoms with E-state index in [4.69, 9.17) is 9.47 Å². The second-order valence-electron chi connectivity index (χ2n) is 16.5. The zero-order valence-corrected chi connectivity index (χ0v) is 37.9. The molecule has 0 saturated carbocycles. The molecule has 0 aliphatic carbocycles. The molecule has 1 rings (SSSR count). The van der Waals surface area contributed by atoms with Gasteiger partial charge in [0.2, 0.25) is 5.91 Å². The second kappa shape index (κ2) is 40.7. The van der Waals surface area contributed by atoms with Crippen LogP contribution in [0, 0.1) is 0 Å². The molecule has 0 spiro atoms. The van der Waals surface area contributed by atoms with Crippen molar-refractivity contribution in [3.05, 3.63) is 72.9 Å². The van der Waals surface area contributed by atoms with Gasteiger partial charge in [0.1, 0.15) is 24.4 Å². The number of hydrogen-bond donors (Lipinski definition) is 6. The van der Waals surface area contributed by atoms with Gasteiger partial charge in [-0.1, -0.05) is 196 Å². The lowest BCUT2D eigenvalue weighted by Crippen LogP contribution is -2.60. The Morgan fingerprint density at radius 3 is 1.52 bits per heavy atom. The molecule has 0 bridgehead atoms. The van der Waals surface area contributed by atoms with E-state index in [1.54, 1.807) is 6.08 Å². The summed E-state index contributed by atoms with van der Waals surface area (Å²) in [6.07, 6.45) is 49.0. The maximum atomic E-state index is 12.8. The SMILES string of the molecule is CC/C=C\C/C=C\C/C=C\C/C=C\C/C=C\CCCCCCCCCCCCCCCCCCCC(=O)NC(COC1OC(CO)C(O)C(O)C1O)C(O)/C=C/CCCC. The van der Waals surface area contributed by atoms with Crippen LogP contribution in [0.3, 0.4) is 0 Å². The van der Waals surface area contributed by atoms with Crippen LogP contribution in [0.2, 0.25) is 0 Å². The molecular weight excluding hydrogens is 755 g/mol. The summed E-state index contributed by atoms with van der Waals surface area (Å²) in [5.74, 6) is -0.188. The number of hydrogen-bond acceptors (Lipinski definition) is 8. The molecule has 0 aromatic heterocycles. The van der Waals surface area contributed by atoms with Crippen molar-refractivity contribution >= 4 is 5.91 Å². The lowest BCUT2D eigenvalue weighted by Gasteiger charge is -2.40. The molecule has 0 aromatic rings. The van der Waals surface area contributed by atoms with E-state index >= 15 is 0 Å². The molecule has 1 amide bonds. The van der Waals surface area contributed by atoms with Crippen molar-refractivity contribution in [1.29, 1.82) is 0 Å². The van der Waals surface area contributed by atoms with E-state index in [-0.39, 0.29) is 12.5 Å². The molecule has 1 aliphatic heterocycles. The molecule has 9 nitrogen and oxygen atoms in total. The molecule has 9 heteroatoms. The Bertz CT molecular complexity index is 1160. The molecule has 1 aliphatic rings. The summed E-state index contributed by atoms with van der Waals surface area (Å²) < 4.78 is 11.1. The monoisotopic (exact) mass is 844 g/mol. The largest absolute Gasteiger partial charge is 0.394 e. The number of nitrogens with one attached hydrogen (secondary N) is 1. The maximum Gasteiger partial charge on any atom is 0.220 e. The van der Waals surface area contributed by atoms with Crippen LogP contribution in [0.4, 0.5) is 0 Å². The first-order valence-electron chi connectivity index (χ1n) is 24.2. The number of unbranched alkanes of at least 4 members (excludes halogenated alkanes) is 19. The quantitative estimate of drug-likeness (QED) is 0.0265. The summed E-state index contributed by atoms with van der Waals surface area (Å²) >= 11 is 0. The van der Waals surface area contributed by atoms with Gasteiger partial charge in [0, 0.05) is 6.42 Å². The minimum atomic E-state index is -1.56. The summed E-state index contributed by atoms with van der Waals surface area (Å²) in [6.45, 7) is 3.49. The lowest BCUT2D eigenvalue weighted by atomic mass is 9.99. The molecular formula is C51H89NO8. The van der Waals surface area contributed by atoms with E-state index in [1.165, 1.54) is 96.3 Å². The number of allylic oxidation sites excluding steroid dienone is 11. The standard InChI is InChI=1S/C51H89NO8/c1-3-5-7-9-10-11-12-13-14-15-16-17-18-19-20-21-22-23-24-25-26-27-28-29-30-31-32-33-34-35-36-37-39-41-47(55)52-44(45(54)40-38-8-6-4-2)43-59-51-50(58)49(57)48(56)46(42-53)60-51/h5,7,10-11,13-14,16-17,19-20,38,40,44-46,48-51,53-54,56-58H,3-4,6,8-9,12,15,18,21-37,39,41-43H2,1-2H3,(H,52,55)/b7-5-,11-10-,14-13-,17-16-,20-19-,40-38+. The Kier molecular flexibility index (Phi) is 37.7. The van der Waals surface area contributed by atoms with Crippen LogP contribution in [0.5, 0.6) is 0 Å². The number of rotatable bonds is 39. The third-order valence-corrected chi connectivity index (χ3v) is 11.0. The van der Waals surface area contributed by atoms with Crippen molar-refractivity contribution in [2.45, 2.75) is 230 Å². The van der Waals surface area contributed by atoms with Crippen LogP contribution in [0.25, 0.3) is 0 Å². The Hall–Kier alpha value is -2.37. The van der Waals surface area contributed by atoms with Gasteiger partial charge >= 0.3 is 0 Å². The van der Waals surface area contributed by atoms with Crippen LogP contribution in [0.1, 0.15) is 187 Å². The van der Waals surface area contributed by atoms with E-state index < -0.39 is 49.5 Å². The Morgan fingerprint density at radius 1 is 0.583 bits per heavy atom. The first kappa shape index (κ1) is 55.6. The fourth-order valence-electron chi connectivity index (χ4n) is 7.17. The molecule has 7 atom stereocenters. The van der Waals surface area contributed by atoms with Crippen LogP contribution < -0.4 is 5.32 Å². The van der Waals surface area contributed by atoms with Crippen molar-refractivity contribution < 1.29 is 39.8 Å². The third kappa shape index (κ3) is 30.6. The highest BCUT2D eigenvalue weighted by atomic mass is 16.7. The predicted molar refractivity (Wildman–Crippen MR) is 249 cm³/mol. The Labute approximate surface area is 366 Å². The number of aliphatic hydroxyl groups excluding tert-OH is 5. The molecule has 60 heavy (non-hydrogen) atoms. The lowest BCUT2D eigenvalue weighted by molar-refractivity contribution is -0.302. The van der Waals surface area contributed by atoms with Gasteiger partial charge in [-0.2, -0.15) is 0 Å². The number of aliphatic hydroxyl groups is 5. The third-order valence-electron chi connectivity index (χ3n) is 11.0. The average molecular weight is 844 g/mol. The van der Waals surface area contributed by atoms with Crippen molar-refractivity contribution in [3.8, 4) is 0 Å². The fourth-order valence-corrected chi connectivity index (χ4v) is 7.17. The topological polar surface area (TPSA) is 149 Å². The zero-order chi connectivity index (χ0) is 43.7. The Balaban J connectivity index is 2.01. The molecule has 0 radical (unpaired) electrons. The fraction of sp³-hybridized carbons (Fsp3) is 0.745. The number of carbonyl (C=O) groups is 1. The summed E-state index contributed by atoms with van der Waals surface area (Å²) in [4.78, 5) is 12.8. The number of ether oxygens (including phenoxy) is 2. The number of amides is 1. The van der Waals surface area contributed by atoms with Gasteiger partial charge in [-0.3, -0.25) is 4.79 Å². The van der Waals surface area contributed by atoms with Gasteiger partial charge in [0.25, 0.3) is 0 Å². The molecule has 346 valence electrons. The Morgan fingerprint density at radius 2 is 1.03 bits per heavy atom. The number of carbonyl (C=O) groups excluding carboxylic acids is 1. The summed E-state index contributed by atoms with van der Waals surface area (Å²) in [7, 11) is 0. The highest BCUT2D eigenvalue weighted by Crippen LogP contribution is 2.22. The smallest absolute Gasteiger partial charge is 0.220 e. The van der Waals surface area contributed by atoms with Gasteiger partial charge < -0.3 is 40.3 Å². The first-order chi connectivity index (χ1) is 29.3. The maximum absolute atomic E-state index is 12.8. The van der Waals surface area contributed by atoms with Gasteiger partial charge in [-0.15, -0.1) is 0 Å².